The molecule has 0 saturated carbocycles. The van der Waals surface area contributed by atoms with Crippen LogP contribution < -0.4 is 10.6 Å². The summed E-state index contributed by atoms with van der Waals surface area (Å²) < 4.78 is 5.28. The summed E-state index contributed by atoms with van der Waals surface area (Å²) in [5, 5.41) is 6.51. The Hall–Kier alpha value is -0.610. The Morgan fingerprint density at radius 2 is 2.12 bits per heavy atom. The van der Waals surface area contributed by atoms with Crippen LogP contribution in [0.3, 0.4) is 0 Å². The Labute approximate surface area is 103 Å². The van der Waals surface area contributed by atoms with Crippen molar-refractivity contribution >= 4 is 5.91 Å². The van der Waals surface area contributed by atoms with Crippen molar-refractivity contribution < 1.29 is 9.53 Å². The highest BCUT2D eigenvalue weighted by Gasteiger charge is 2.18. The number of piperidine rings is 1. The maximum Gasteiger partial charge on any atom is 0.220 e. The van der Waals surface area contributed by atoms with Gasteiger partial charge in [-0.1, -0.05) is 0 Å². The van der Waals surface area contributed by atoms with Crippen LogP contribution in [0.25, 0.3) is 0 Å². The van der Waals surface area contributed by atoms with Gasteiger partial charge in [0.05, 0.1) is 0 Å². The van der Waals surface area contributed by atoms with Crippen molar-refractivity contribution in [2.45, 2.75) is 44.6 Å². The number of nitrogens with one attached hydrogen (secondary N) is 2. The van der Waals surface area contributed by atoms with Gasteiger partial charge in [-0.3, -0.25) is 4.79 Å². The van der Waals surface area contributed by atoms with Gasteiger partial charge in [0.2, 0.25) is 5.91 Å². The van der Waals surface area contributed by atoms with Crippen LogP contribution in [-0.2, 0) is 9.53 Å². The predicted molar refractivity (Wildman–Crippen MR) is 66.8 cm³/mol. The number of amides is 1. The molecule has 2 aliphatic rings. The van der Waals surface area contributed by atoms with Crippen molar-refractivity contribution in [3.05, 3.63) is 0 Å². The lowest BCUT2D eigenvalue weighted by Crippen LogP contribution is -2.39. The Morgan fingerprint density at radius 1 is 1.29 bits per heavy atom. The van der Waals surface area contributed by atoms with Gasteiger partial charge in [-0.2, -0.15) is 0 Å². The van der Waals surface area contributed by atoms with Crippen LogP contribution in [-0.4, -0.2) is 38.3 Å². The van der Waals surface area contributed by atoms with E-state index in [1.54, 1.807) is 0 Å². The Bertz CT molecular complexity index is 234. The van der Waals surface area contributed by atoms with Crippen molar-refractivity contribution in [3.8, 4) is 0 Å². The van der Waals surface area contributed by atoms with Gasteiger partial charge in [-0.25, -0.2) is 0 Å². The normalized spacial score (nSPS) is 26.7. The highest BCUT2D eigenvalue weighted by atomic mass is 16.5. The first kappa shape index (κ1) is 12.8. The molecule has 0 aromatic carbocycles. The highest BCUT2D eigenvalue weighted by Crippen LogP contribution is 2.16. The summed E-state index contributed by atoms with van der Waals surface area (Å²) in [7, 11) is 0. The summed E-state index contributed by atoms with van der Waals surface area (Å²) in [6.07, 6.45) is 6.18. The third kappa shape index (κ3) is 4.64. The van der Waals surface area contributed by atoms with Gasteiger partial charge in [-0.05, 0) is 51.1 Å². The smallest absolute Gasteiger partial charge is 0.220 e. The first-order valence-electron chi connectivity index (χ1n) is 6.92. The Kier molecular flexibility index (Phi) is 5.26. The van der Waals surface area contributed by atoms with Crippen LogP contribution >= 0.6 is 0 Å². The molecule has 0 spiro atoms. The van der Waals surface area contributed by atoms with E-state index in [0.29, 0.717) is 18.4 Å². The molecule has 17 heavy (non-hydrogen) atoms. The van der Waals surface area contributed by atoms with E-state index in [0.717, 1.165) is 45.6 Å². The summed E-state index contributed by atoms with van der Waals surface area (Å²) in [5.41, 5.74) is 0. The molecule has 2 N–H and O–H groups in total. The summed E-state index contributed by atoms with van der Waals surface area (Å²) in [6, 6.07) is 0.348. The molecule has 0 bridgehead atoms. The minimum absolute atomic E-state index is 0.225. The summed E-state index contributed by atoms with van der Waals surface area (Å²) in [6.45, 7) is 3.81. The molecule has 1 atom stereocenters. The van der Waals surface area contributed by atoms with Crippen molar-refractivity contribution in [2.24, 2.45) is 5.92 Å². The van der Waals surface area contributed by atoms with Gasteiger partial charge in [0, 0.05) is 25.7 Å². The minimum Gasteiger partial charge on any atom is -0.381 e. The molecular formula is C13H24N2O2. The molecule has 2 saturated heterocycles. The van der Waals surface area contributed by atoms with Crippen LogP contribution in [0, 0.1) is 5.92 Å². The minimum atomic E-state index is 0.225. The van der Waals surface area contributed by atoms with Crippen molar-refractivity contribution in [1.29, 1.82) is 0 Å². The van der Waals surface area contributed by atoms with E-state index in [-0.39, 0.29) is 5.91 Å². The lowest BCUT2D eigenvalue weighted by atomic mass is 9.94. The molecule has 1 amide bonds. The fraction of sp³-hybridized carbons (Fsp3) is 0.923. The van der Waals surface area contributed by atoms with E-state index in [1.807, 2.05) is 0 Å². The molecule has 0 radical (unpaired) electrons. The summed E-state index contributed by atoms with van der Waals surface area (Å²) >= 11 is 0. The molecular weight excluding hydrogens is 216 g/mol. The van der Waals surface area contributed by atoms with Crippen molar-refractivity contribution in [2.75, 3.05) is 26.3 Å². The Morgan fingerprint density at radius 3 is 2.82 bits per heavy atom. The monoisotopic (exact) mass is 240 g/mol. The summed E-state index contributed by atoms with van der Waals surface area (Å²) in [5.74, 6) is 0.923. The highest BCUT2D eigenvalue weighted by molar-refractivity contribution is 5.76. The van der Waals surface area contributed by atoms with Crippen LogP contribution in [0.15, 0.2) is 0 Å². The fourth-order valence-electron chi connectivity index (χ4n) is 2.65. The van der Waals surface area contributed by atoms with Crippen LogP contribution in [0.4, 0.5) is 0 Å². The number of carbonyl (C=O) groups excluding carboxylic acids is 1. The van der Waals surface area contributed by atoms with E-state index in [9.17, 15) is 4.79 Å². The van der Waals surface area contributed by atoms with E-state index >= 15 is 0 Å². The number of ether oxygens (including phenoxy) is 1. The van der Waals surface area contributed by atoms with Crippen molar-refractivity contribution in [3.63, 3.8) is 0 Å². The van der Waals surface area contributed by atoms with E-state index in [4.69, 9.17) is 4.74 Å². The quantitative estimate of drug-likeness (QED) is 0.772. The molecule has 1 unspecified atom stereocenters. The van der Waals surface area contributed by atoms with Gasteiger partial charge in [0.1, 0.15) is 0 Å². The van der Waals surface area contributed by atoms with Gasteiger partial charge in [-0.15, -0.1) is 0 Å². The van der Waals surface area contributed by atoms with Gasteiger partial charge in [0.25, 0.3) is 0 Å². The van der Waals surface area contributed by atoms with Gasteiger partial charge in [0.15, 0.2) is 0 Å². The predicted octanol–water partition coefficient (Wildman–Crippen LogP) is 1.06. The number of carbonyl (C=O) groups is 1. The first-order chi connectivity index (χ1) is 8.34. The average molecular weight is 240 g/mol. The molecule has 2 rings (SSSR count). The number of hydrogen-bond acceptors (Lipinski definition) is 3. The maximum atomic E-state index is 11.8. The second-order valence-corrected chi connectivity index (χ2v) is 5.21. The number of rotatable bonds is 4. The third-order valence-corrected chi connectivity index (χ3v) is 3.76. The molecule has 4 heteroatoms. The molecule has 98 valence electrons. The molecule has 2 aliphatic heterocycles. The lowest BCUT2D eigenvalue weighted by Gasteiger charge is -2.25. The van der Waals surface area contributed by atoms with Crippen LogP contribution in [0.5, 0.6) is 0 Å². The average Bonchev–Trinajstić information content (AvgIpc) is 2.39. The maximum absolute atomic E-state index is 11.8. The van der Waals surface area contributed by atoms with Crippen LogP contribution in [0.2, 0.25) is 0 Å². The lowest BCUT2D eigenvalue weighted by molar-refractivity contribution is -0.122. The molecule has 2 heterocycles. The fourth-order valence-corrected chi connectivity index (χ4v) is 2.65. The zero-order valence-corrected chi connectivity index (χ0v) is 10.5. The topological polar surface area (TPSA) is 50.4 Å². The molecule has 0 aromatic heterocycles. The third-order valence-electron chi connectivity index (χ3n) is 3.76. The molecule has 0 aliphatic carbocycles. The van der Waals surface area contributed by atoms with Crippen LogP contribution in [0.1, 0.15) is 38.5 Å². The zero-order chi connectivity index (χ0) is 11.9. The second-order valence-electron chi connectivity index (χ2n) is 5.21. The zero-order valence-electron chi connectivity index (χ0n) is 10.5. The SMILES string of the molecule is O=C(CCC1CCCNC1)NC1CCOCC1. The van der Waals surface area contributed by atoms with Gasteiger partial charge < -0.3 is 15.4 Å². The van der Waals surface area contributed by atoms with E-state index in [1.165, 1.54) is 12.8 Å². The van der Waals surface area contributed by atoms with Gasteiger partial charge >= 0.3 is 0 Å². The standard InChI is InChI=1S/C13H24N2O2/c16-13(15-12-5-8-17-9-6-12)4-3-11-2-1-7-14-10-11/h11-12,14H,1-10H2,(H,15,16). The largest absolute Gasteiger partial charge is 0.381 e. The molecule has 0 aromatic rings. The number of hydrogen-bond donors (Lipinski definition) is 2. The summed E-state index contributed by atoms with van der Waals surface area (Å²) in [4.78, 5) is 11.8. The van der Waals surface area contributed by atoms with Crippen molar-refractivity contribution in [1.82, 2.24) is 10.6 Å². The molecule has 4 nitrogen and oxygen atoms in total. The second kappa shape index (κ2) is 6.97. The Balaban J connectivity index is 1.59. The first-order valence-corrected chi connectivity index (χ1v) is 6.92. The molecule has 2 fully saturated rings. The van der Waals surface area contributed by atoms with E-state index in [2.05, 4.69) is 10.6 Å². The van der Waals surface area contributed by atoms with E-state index < -0.39 is 0 Å².